The fourth-order valence-corrected chi connectivity index (χ4v) is 5.55. The third-order valence-electron chi connectivity index (χ3n) is 7.44. The normalized spacial score (nSPS) is 31.7. The van der Waals surface area contributed by atoms with E-state index in [2.05, 4.69) is 12.2 Å². The molecule has 0 aromatic rings. The third kappa shape index (κ3) is 4.70. The lowest BCUT2D eigenvalue weighted by molar-refractivity contribution is -0.156. The van der Waals surface area contributed by atoms with Crippen LogP contribution in [0.1, 0.15) is 84.0 Å². The van der Waals surface area contributed by atoms with Gasteiger partial charge in [0.15, 0.2) is 0 Å². The van der Waals surface area contributed by atoms with Crippen LogP contribution in [-0.2, 0) is 9.59 Å². The Bertz CT molecular complexity index is 541. The number of primary amides is 1. The van der Waals surface area contributed by atoms with E-state index in [4.69, 9.17) is 5.73 Å². The molecule has 2 aliphatic carbocycles. The predicted molar refractivity (Wildman–Crippen MR) is 109 cm³/mol. The fourth-order valence-electron chi connectivity index (χ4n) is 5.55. The van der Waals surface area contributed by atoms with E-state index in [-0.39, 0.29) is 11.9 Å². The van der Waals surface area contributed by atoms with Gasteiger partial charge in [-0.15, -0.1) is 0 Å². The van der Waals surface area contributed by atoms with Gasteiger partial charge in [0.1, 0.15) is 5.41 Å². The standard InChI is InChI=1S/C22H39N3O3/c1-16-10-11-18(19(26)14-24-16)25(15-17-8-4-2-5-9-17)21(28)22(20(23)27)12-6-3-7-13-22/h16-19,24,26H,2-15H2,1H3,(H2,23,27)/t16-,18+,19+/m1/s1. The van der Waals surface area contributed by atoms with E-state index in [0.717, 1.165) is 44.9 Å². The topological polar surface area (TPSA) is 95.7 Å². The first-order valence-corrected chi connectivity index (χ1v) is 11.5. The van der Waals surface area contributed by atoms with E-state index >= 15 is 0 Å². The van der Waals surface area contributed by atoms with Crippen LogP contribution in [0.5, 0.6) is 0 Å². The molecule has 1 aliphatic heterocycles. The summed E-state index contributed by atoms with van der Waals surface area (Å²) in [7, 11) is 0. The average molecular weight is 394 g/mol. The Labute approximate surface area is 169 Å². The molecule has 0 spiro atoms. The highest BCUT2D eigenvalue weighted by atomic mass is 16.3. The monoisotopic (exact) mass is 393 g/mol. The largest absolute Gasteiger partial charge is 0.390 e. The summed E-state index contributed by atoms with van der Waals surface area (Å²) < 4.78 is 0. The maximum atomic E-state index is 13.9. The van der Waals surface area contributed by atoms with Gasteiger partial charge < -0.3 is 21.1 Å². The van der Waals surface area contributed by atoms with Crippen molar-refractivity contribution in [1.29, 1.82) is 0 Å². The first kappa shape index (κ1) is 21.6. The molecule has 28 heavy (non-hydrogen) atoms. The second-order valence-electron chi connectivity index (χ2n) is 9.49. The molecule has 4 N–H and O–H groups in total. The molecule has 0 radical (unpaired) electrons. The molecule has 2 amide bonds. The van der Waals surface area contributed by atoms with Gasteiger partial charge in [0, 0.05) is 19.1 Å². The minimum absolute atomic E-state index is 0.108. The van der Waals surface area contributed by atoms with Crippen molar-refractivity contribution in [1.82, 2.24) is 10.2 Å². The number of hydrogen-bond acceptors (Lipinski definition) is 4. The van der Waals surface area contributed by atoms with Crippen LogP contribution in [0.15, 0.2) is 0 Å². The summed E-state index contributed by atoms with van der Waals surface area (Å²) in [6.45, 7) is 3.27. The highest BCUT2D eigenvalue weighted by Gasteiger charge is 2.49. The number of nitrogens with one attached hydrogen (secondary N) is 1. The molecule has 2 saturated carbocycles. The van der Waals surface area contributed by atoms with Gasteiger partial charge in [-0.05, 0) is 51.4 Å². The van der Waals surface area contributed by atoms with Gasteiger partial charge in [-0.25, -0.2) is 0 Å². The van der Waals surface area contributed by atoms with Gasteiger partial charge in [-0.1, -0.05) is 38.5 Å². The van der Waals surface area contributed by atoms with Gasteiger partial charge >= 0.3 is 0 Å². The maximum Gasteiger partial charge on any atom is 0.238 e. The van der Waals surface area contributed by atoms with Gasteiger partial charge in [0.25, 0.3) is 0 Å². The molecule has 1 saturated heterocycles. The van der Waals surface area contributed by atoms with Gasteiger partial charge in [0.05, 0.1) is 12.1 Å². The minimum Gasteiger partial charge on any atom is -0.390 e. The number of aliphatic hydroxyl groups is 1. The van der Waals surface area contributed by atoms with Crippen molar-refractivity contribution in [2.45, 2.75) is 102 Å². The van der Waals surface area contributed by atoms with Crippen LogP contribution in [0.4, 0.5) is 0 Å². The lowest BCUT2D eigenvalue weighted by atomic mass is 9.71. The molecule has 3 atom stereocenters. The first-order chi connectivity index (χ1) is 13.4. The number of rotatable bonds is 5. The predicted octanol–water partition coefficient (Wildman–Crippen LogP) is 2.33. The van der Waals surface area contributed by atoms with Crippen LogP contribution in [-0.4, -0.2) is 53.1 Å². The molecular weight excluding hydrogens is 354 g/mol. The Kier molecular flexibility index (Phi) is 7.37. The number of amides is 2. The van der Waals surface area contributed by atoms with E-state index in [9.17, 15) is 14.7 Å². The van der Waals surface area contributed by atoms with Gasteiger partial charge in [-0.3, -0.25) is 9.59 Å². The molecule has 3 fully saturated rings. The van der Waals surface area contributed by atoms with E-state index in [1.807, 2.05) is 4.90 Å². The number of carbonyl (C=O) groups excluding carboxylic acids is 2. The zero-order valence-corrected chi connectivity index (χ0v) is 17.5. The van der Waals surface area contributed by atoms with Crippen LogP contribution in [0, 0.1) is 11.3 Å². The van der Waals surface area contributed by atoms with Crippen LogP contribution in [0.3, 0.4) is 0 Å². The molecule has 0 aromatic carbocycles. The Balaban J connectivity index is 1.87. The average Bonchev–Trinajstić information content (AvgIpc) is 2.88. The van der Waals surface area contributed by atoms with Crippen molar-refractivity contribution >= 4 is 11.8 Å². The Morgan fingerprint density at radius 3 is 2.32 bits per heavy atom. The Morgan fingerprint density at radius 2 is 1.68 bits per heavy atom. The molecule has 3 rings (SSSR count). The van der Waals surface area contributed by atoms with Crippen LogP contribution < -0.4 is 11.1 Å². The van der Waals surface area contributed by atoms with Crippen molar-refractivity contribution in [3.05, 3.63) is 0 Å². The summed E-state index contributed by atoms with van der Waals surface area (Å²) in [6, 6.07) is 0.0936. The third-order valence-corrected chi connectivity index (χ3v) is 7.44. The Morgan fingerprint density at radius 1 is 1.04 bits per heavy atom. The van der Waals surface area contributed by atoms with E-state index in [0.29, 0.717) is 37.9 Å². The molecule has 160 valence electrons. The second-order valence-corrected chi connectivity index (χ2v) is 9.49. The quantitative estimate of drug-likeness (QED) is 0.625. The molecular formula is C22H39N3O3. The summed E-state index contributed by atoms with van der Waals surface area (Å²) in [4.78, 5) is 28.3. The molecule has 0 aromatic heterocycles. The number of β-amino-alcohol motifs (C(OH)–C–C–N with tert-alkyl or cyclic N) is 1. The van der Waals surface area contributed by atoms with Crippen molar-refractivity contribution < 1.29 is 14.7 Å². The summed E-state index contributed by atoms with van der Waals surface area (Å²) >= 11 is 0. The molecule has 6 nitrogen and oxygen atoms in total. The molecule has 0 bridgehead atoms. The molecule has 3 aliphatic rings. The summed E-state index contributed by atoms with van der Waals surface area (Å²) in [5, 5.41) is 14.2. The van der Waals surface area contributed by atoms with Gasteiger partial charge in [-0.2, -0.15) is 0 Å². The lowest BCUT2D eigenvalue weighted by Crippen LogP contribution is -2.58. The second kappa shape index (κ2) is 9.57. The highest BCUT2D eigenvalue weighted by molar-refractivity contribution is 6.04. The highest BCUT2D eigenvalue weighted by Crippen LogP contribution is 2.40. The summed E-state index contributed by atoms with van der Waals surface area (Å²) in [5.74, 6) is -0.114. The van der Waals surface area contributed by atoms with Crippen LogP contribution in [0.2, 0.25) is 0 Å². The lowest BCUT2D eigenvalue weighted by Gasteiger charge is -2.43. The maximum absolute atomic E-state index is 13.9. The minimum atomic E-state index is -1.07. The zero-order chi connectivity index (χ0) is 20.1. The van der Waals surface area contributed by atoms with Crippen LogP contribution >= 0.6 is 0 Å². The summed E-state index contributed by atoms with van der Waals surface area (Å²) in [5.41, 5.74) is 4.76. The molecule has 1 heterocycles. The number of nitrogens with zero attached hydrogens (tertiary/aromatic N) is 1. The van der Waals surface area contributed by atoms with Gasteiger partial charge in [0.2, 0.25) is 11.8 Å². The smallest absolute Gasteiger partial charge is 0.238 e. The number of aliphatic hydroxyl groups excluding tert-OH is 1. The number of nitrogens with two attached hydrogens (primary N) is 1. The fraction of sp³-hybridized carbons (Fsp3) is 0.909. The number of carbonyl (C=O) groups is 2. The van der Waals surface area contributed by atoms with Crippen molar-refractivity contribution in [3.63, 3.8) is 0 Å². The Hall–Kier alpha value is -1.14. The van der Waals surface area contributed by atoms with E-state index < -0.39 is 17.4 Å². The summed E-state index contributed by atoms with van der Waals surface area (Å²) in [6.07, 6.45) is 10.9. The van der Waals surface area contributed by atoms with Crippen LogP contribution in [0.25, 0.3) is 0 Å². The van der Waals surface area contributed by atoms with Crippen molar-refractivity contribution in [3.8, 4) is 0 Å². The molecule has 0 unspecified atom stereocenters. The number of hydrogen-bond donors (Lipinski definition) is 3. The van der Waals surface area contributed by atoms with E-state index in [1.54, 1.807) is 0 Å². The van der Waals surface area contributed by atoms with Crippen molar-refractivity contribution in [2.24, 2.45) is 17.1 Å². The van der Waals surface area contributed by atoms with Crippen molar-refractivity contribution in [2.75, 3.05) is 13.1 Å². The SMILES string of the molecule is C[C@@H]1CC[C@H](N(CC2CCCCC2)C(=O)C2(C(N)=O)CCCCC2)[C@@H](O)CN1. The molecule has 6 heteroatoms. The first-order valence-electron chi connectivity index (χ1n) is 11.5. The van der Waals surface area contributed by atoms with E-state index in [1.165, 1.54) is 19.3 Å². The zero-order valence-electron chi connectivity index (χ0n) is 17.5.